The number of benzene rings is 1. The highest BCUT2D eigenvalue weighted by Crippen LogP contribution is 2.38. The summed E-state index contributed by atoms with van der Waals surface area (Å²) < 4.78 is 0. The molecule has 1 aromatic rings. The minimum absolute atomic E-state index is 0.102. The molecule has 2 N–H and O–H groups in total. The Labute approximate surface area is 118 Å². The Balaban J connectivity index is 1.94. The second kappa shape index (κ2) is 6.06. The van der Waals surface area contributed by atoms with Crippen LogP contribution >= 0.6 is 0 Å². The van der Waals surface area contributed by atoms with E-state index in [-0.39, 0.29) is 6.04 Å². The van der Waals surface area contributed by atoms with Crippen LogP contribution in [0.25, 0.3) is 0 Å². The molecule has 0 spiro atoms. The van der Waals surface area contributed by atoms with Crippen molar-refractivity contribution in [2.24, 2.45) is 17.6 Å². The normalized spacial score (nSPS) is 25.4. The number of nitrogens with two attached hydrogens (primary N) is 1. The Kier molecular flexibility index (Phi) is 4.64. The molecule has 1 aliphatic rings. The summed E-state index contributed by atoms with van der Waals surface area (Å²) in [6.45, 7) is 7.95. The zero-order valence-electron chi connectivity index (χ0n) is 12.8. The van der Waals surface area contributed by atoms with Gasteiger partial charge in [0.25, 0.3) is 0 Å². The molecule has 0 saturated heterocycles. The van der Waals surface area contributed by atoms with E-state index in [1.165, 1.54) is 24.1 Å². The first-order chi connectivity index (χ1) is 9.02. The van der Waals surface area contributed by atoms with Crippen LogP contribution in [0.5, 0.6) is 0 Å². The fraction of sp³-hybridized carbons (Fsp3) is 0.647. The molecule has 4 unspecified atom stereocenters. The van der Waals surface area contributed by atoms with Gasteiger partial charge in [0.05, 0.1) is 0 Å². The standard InChI is InChI=1S/C17H28N2/c1-5-14-6-8-15(9-7-14)17(18)13(3)19(4)11-16-10-12(16)2/h6-9,12-13,16-17H,5,10-11,18H2,1-4H3. The summed E-state index contributed by atoms with van der Waals surface area (Å²) in [5, 5.41) is 0. The molecule has 2 heteroatoms. The molecule has 0 heterocycles. The maximum absolute atomic E-state index is 6.42. The fourth-order valence-electron chi connectivity index (χ4n) is 2.72. The van der Waals surface area contributed by atoms with E-state index in [4.69, 9.17) is 5.73 Å². The fourth-order valence-corrected chi connectivity index (χ4v) is 2.72. The van der Waals surface area contributed by atoms with Crippen LogP contribution in [0.3, 0.4) is 0 Å². The first-order valence-electron chi connectivity index (χ1n) is 7.57. The molecular formula is C17H28N2. The van der Waals surface area contributed by atoms with Crippen molar-refractivity contribution in [1.29, 1.82) is 0 Å². The lowest BCUT2D eigenvalue weighted by Crippen LogP contribution is -2.39. The van der Waals surface area contributed by atoms with Gasteiger partial charge >= 0.3 is 0 Å². The summed E-state index contributed by atoms with van der Waals surface area (Å²) in [5.41, 5.74) is 9.05. The van der Waals surface area contributed by atoms with Crippen molar-refractivity contribution in [3.8, 4) is 0 Å². The Morgan fingerprint density at radius 1 is 1.32 bits per heavy atom. The molecule has 19 heavy (non-hydrogen) atoms. The van der Waals surface area contributed by atoms with E-state index in [9.17, 15) is 0 Å². The summed E-state index contributed by atoms with van der Waals surface area (Å²) in [6.07, 6.45) is 2.47. The smallest absolute Gasteiger partial charge is 0.0450 e. The summed E-state index contributed by atoms with van der Waals surface area (Å²) in [6, 6.07) is 9.27. The summed E-state index contributed by atoms with van der Waals surface area (Å²) in [7, 11) is 2.20. The van der Waals surface area contributed by atoms with Crippen LogP contribution in [0, 0.1) is 11.8 Å². The van der Waals surface area contributed by atoms with Crippen molar-refractivity contribution in [2.45, 2.75) is 45.7 Å². The van der Waals surface area contributed by atoms with E-state index >= 15 is 0 Å². The van der Waals surface area contributed by atoms with E-state index in [0.717, 1.165) is 18.3 Å². The van der Waals surface area contributed by atoms with Gasteiger partial charge in [-0.05, 0) is 49.8 Å². The second-order valence-electron chi connectivity index (χ2n) is 6.27. The zero-order valence-corrected chi connectivity index (χ0v) is 12.8. The van der Waals surface area contributed by atoms with Crippen LogP contribution in [0.2, 0.25) is 0 Å². The average Bonchev–Trinajstić information content (AvgIpc) is 3.12. The van der Waals surface area contributed by atoms with Crippen molar-refractivity contribution < 1.29 is 0 Å². The highest BCUT2D eigenvalue weighted by Gasteiger charge is 2.34. The Bertz CT molecular complexity index is 398. The molecule has 1 saturated carbocycles. The van der Waals surface area contributed by atoms with Crippen LogP contribution in [0.4, 0.5) is 0 Å². The van der Waals surface area contributed by atoms with Gasteiger partial charge in [0.1, 0.15) is 0 Å². The van der Waals surface area contributed by atoms with Crippen LogP contribution < -0.4 is 5.73 Å². The van der Waals surface area contributed by atoms with E-state index < -0.39 is 0 Å². The van der Waals surface area contributed by atoms with Crippen molar-refractivity contribution in [3.05, 3.63) is 35.4 Å². The molecule has 1 aliphatic carbocycles. The van der Waals surface area contributed by atoms with Gasteiger partial charge in [0.2, 0.25) is 0 Å². The largest absolute Gasteiger partial charge is 0.323 e. The maximum Gasteiger partial charge on any atom is 0.0450 e. The maximum atomic E-state index is 6.42. The monoisotopic (exact) mass is 260 g/mol. The quantitative estimate of drug-likeness (QED) is 0.851. The van der Waals surface area contributed by atoms with Crippen LogP contribution in [-0.2, 0) is 6.42 Å². The predicted molar refractivity (Wildman–Crippen MR) is 82.1 cm³/mol. The molecule has 0 amide bonds. The molecule has 0 aliphatic heterocycles. The van der Waals surface area contributed by atoms with Crippen LogP contribution in [0.1, 0.15) is 44.4 Å². The topological polar surface area (TPSA) is 29.3 Å². The molecular weight excluding hydrogens is 232 g/mol. The minimum Gasteiger partial charge on any atom is -0.323 e. The van der Waals surface area contributed by atoms with E-state index in [2.05, 4.69) is 57.0 Å². The average molecular weight is 260 g/mol. The number of aryl methyl sites for hydroxylation is 1. The molecule has 0 radical (unpaired) electrons. The third kappa shape index (κ3) is 3.58. The van der Waals surface area contributed by atoms with Gasteiger partial charge in [-0.2, -0.15) is 0 Å². The lowest BCUT2D eigenvalue weighted by Gasteiger charge is -2.30. The molecule has 1 aromatic carbocycles. The SMILES string of the molecule is CCc1ccc(C(N)C(C)N(C)CC2CC2C)cc1. The van der Waals surface area contributed by atoms with Gasteiger partial charge in [0.15, 0.2) is 0 Å². The molecule has 2 nitrogen and oxygen atoms in total. The predicted octanol–water partition coefficient (Wildman–Crippen LogP) is 3.23. The minimum atomic E-state index is 0.102. The number of nitrogens with zero attached hydrogens (tertiary/aromatic N) is 1. The van der Waals surface area contributed by atoms with Crippen molar-refractivity contribution in [2.75, 3.05) is 13.6 Å². The summed E-state index contributed by atoms with van der Waals surface area (Å²) in [5.74, 6) is 1.80. The van der Waals surface area contributed by atoms with E-state index in [1.54, 1.807) is 0 Å². The van der Waals surface area contributed by atoms with Gasteiger partial charge in [-0.15, -0.1) is 0 Å². The Morgan fingerprint density at radius 3 is 2.37 bits per heavy atom. The summed E-state index contributed by atoms with van der Waals surface area (Å²) >= 11 is 0. The first kappa shape index (κ1) is 14.5. The Morgan fingerprint density at radius 2 is 1.89 bits per heavy atom. The zero-order chi connectivity index (χ0) is 14.0. The van der Waals surface area contributed by atoms with Crippen molar-refractivity contribution >= 4 is 0 Å². The molecule has 106 valence electrons. The molecule has 1 fully saturated rings. The van der Waals surface area contributed by atoms with Gasteiger partial charge in [0, 0.05) is 18.6 Å². The highest BCUT2D eigenvalue weighted by molar-refractivity contribution is 5.25. The van der Waals surface area contributed by atoms with Crippen LogP contribution in [-0.4, -0.2) is 24.5 Å². The number of hydrogen-bond acceptors (Lipinski definition) is 2. The van der Waals surface area contributed by atoms with E-state index in [1.807, 2.05) is 0 Å². The third-order valence-electron chi connectivity index (χ3n) is 4.79. The highest BCUT2D eigenvalue weighted by atomic mass is 15.1. The third-order valence-corrected chi connectivity index (χ3v) is 4.79. The number of likely N-dealkylation sites (N-methyl/N-ethyl adjacent to an activating group) is 1. The lowest BCUT2D eigenvalue weighted by atomic mass is 9.98. The number of hydrogen-bond donors (Lipinski definition) is 1. The van der Waals surface area contributed by atoms with Crippen LogP contribution in [0.15, 0.2) is 24.3 Å². The summed E-state index contributed by atoms with van der Waals surface area (Å²) in [4.78, 5) is 2.42. The van der Waals surface area contributed by atoms with Gasteiger partial charge in [-0.3, -0.25) is 0 Å². The molecule has 2 rings (SSSR count). The molecule has 0 bridgehead atoms. The van der Waals surface area contributed by atoms with Crippen molar-refractivity contribution in [1.82, 2.24) is 4.90 Å². The van der Waals surface area contributed by atoms with E-state index in [0.29, 0.717) is 6.04 Å². The van der Waals surface area contributed by atoms with Crippen molar-refractivity contribution in [3.63, 3.8) is 0 Å². The molecule has 0 aromatic heterocycles. The van der Waals surface area contributed by atoms with Gasteiger partial charge in [-0.25, -0.2) is 0 Å². The number of rotatable bonds is 6. The first-order valence-corrected chi connectivity index (χ1v) is 7.57. The molecule has 4 atom stereocenters. The lowest BCUT2D eigenvalue weighted by molar-refractivity contribution is 0.216. The van der Waals surface area contributed by atoms with Gasteiger partial charge in [-0.1, -0.05) is 38.1 Å². The van der Waals surface area contributed by atoms with Gasteiger partial charge < -0.3 is 10.6 Å². The Hall–Kier alpha value is -0.860. The second-order valence-corrected chi connectivity index (χ2v) is 6.27.